The van der Waals surface area contributed by atoms with Crippen molar-refractivity contribution in [3.63, 3.8) is 0 Å². The lowest BCUT2D eigenvalue weighted by Gasteiger charge is -2.05. The van der Waals surface area contributed by atoms with E-state index in [1.165, 1.54) is 0 Å². The van der Waals surface area contributed by atoms with E-state index in [-0.39, 0.29) is 0 Å². The first-order valence-electron chi connectivity index (χ1n) is 6.15. The second-order valence-corrected chi connectivity index (χ2v) is 4.55. The molecule has 1 aromatic carbocycles. The predicted octanol–water partition coefficient (Wildman–Crippen LogP) is 3.50. The van der Waals surface area contributed by atoms with Gasteiger partial charge in [-0.15, -0.1) is 0 Å². The molecule has 100 valence electrons. The van der Waals surface area contributed by atoms with Crippen LogP contribution in [0.25, 0.3) is 5.69 Å². The van der Waals surface area contributed by atoms with E-state index in [1.54, 1.807) is 23.3 Å². The summed E-state index contributed by atoms with van der Waals surface area (Å²) in [5.74, 6) is 0.555. The van der Waals surface area contributed by atoms with E-state index in [2.05, 4.69) is 10.1 Å². The first kappa shape index (κ1) is 12.7. The van der Waals surface area contributed by atoms with Gasteiger partial charge in [-0.2, -0.15) is 5.10 Å². The number of hydrogen-bond acceptors (Lipinski definition) is 3. The summed E-state index contributed by atoms with van der Waals surface area (Å²) in [6.07, 6.45) is 5.01. The Morgan fingerprint density at radius 2 is 1.90 bits per heavy atom. The summed E-state index contributed by atoms with van der Waals surface area (Å²) in [7, 11) is 0. The highest BCUT2D eigenvalue weighted by atomic mass is 35.5. The fourth-order valence-electron chi connectivity index (χ4n) is 1.81. The molecule has 0 bridgehead atoms. The van der Waals surface area contributed by atoms with E-state index in [9.17, 15) is 0 Å². The highest BCUT2D eigenvalue weighted by Crippen LogP contribution is 2.27. The molecule has 0 amide bonds. The summed E-state index contributed by atoms with van der Waals surface area (Å²) >= 11 is 6.27. The summed E-state index contributed by atoms with van der Waals surface area (Å²) in [6.45, 7) is 0.458. The zero-order valence-electron chi connectivity index (χ0n) is 10.6. The standard InChI is InChI=1S/C15H12ClN3O/c16-15-14(20-11-12-5-2-1-3-6-12)10-18-19(15)13-7-4-8-17-9-13/h1-10H,11H2. The molecule has 0 saturated carbocycles. The van der Waals surface area contributed by atoms with E-state index >= 15 is 0 Å². The van der Waals surface area contributed by atoms with Crippen molar-refractivity contribution in [3.8, 4) is 11.4 Å². The maximum Gasteiger partial charge on any atom is 0.177 e. The van der Waals surface area contributed by atoms with Gasteiger partial charge in [0.15, 0.2) is 10.9 Å². The Bertz CT molecular complexity index is 683. The monoisotopic (exact) mass is 285 g/mol. The summed E-state index contributed by atoms with van der Waals surface area (Å²) in [5.41, 5.74) is 1.88. The van der Waals surface area contributed by atoms with Crippen LogP contribution in [0.2, 0.25) is 5.15 Å². The molecule has 0 unspecified atom stereocenters. The minimum absolute atomic E-state index is 0.439. The lowest BCUT2D eigenvalue weighted by Crippen LogP contribution is -1.97. The first-order valence-corrected chi connectivity index (χ1v) is 6.53. The molecular weight excluding hydrogens is 274 g/mol. The highest BCUT2D eigenvalue weighted by Gasteiger charge is 2.11. The third-order valence-corrected chi connectivity index (χ3v) is 3.15. The molecule has 0 aliphatic rings. The van der Waals surface area contributed by atoms with Crippen molar-refractivity contribution < 1.29 is 4.74 Å². The highest BCUT2D eigenvalue weighted by molar-refractivity contribution is 6.31. The van der Waals surface area contributed by atoms with Crippen LogP contribution in [0.15, 0.2) is 61.1 Å². The third-order valence-electron chi connectivity index (χ3n) is 2.81. The number of rotatable bonds is 4. The van der Waals surface area contributed by atoms with E-state index in [4.69, 9.17) is 16.3 Å². The Hall–Kier alpha value is -2.33. The molecule has 3 aromatic rings. The Labute approximate surface area is 121 Å². The van der Waals surface area contributed by atoms with Gasteiger partial charge in [-0.05, 0) is 17.7 Å². The molecule has 0 aliphatic carbocycles. The Morgan fingerprint density at radius 3 is 2.65 bits per heavy atom. The van der Waals surface area contributed by atoms with Crippen LogP contribution in [-0.2, 0) is 6.61 Å². The van der Waals surface area contributed by atoms with Crippen LogP contribution in [-0.4, -0.2) is 14.8 Å². The van der Waals surface area contributed by atoms with Gasteiger partial charge in [0.25, 0.3) is 0 Å². The van der Waals surface area contributed by atoms with E-state index in [1.807, 2.05) is 42.5 Å². The smallest absolute Gasteiger partial charge is 0.177 e. The topological polar surface area (TPSA) is 39.9 Å². The maximum atomic E-state index is 6.27. The van der Waals surface area contributed by atoms with Gasteiger partial charge in [0.05, 0.1) is 18.1 Å². The average molecular weight is 286 g/mol. The lowest BCUT2D eigenvalue weighted by molar-refractivity contribution is 0.306. The van der Waals surface area contributed by atoms with Crippen LogP contribution in [0.3, 0.4) is 0 Å². The Balaban J connectivity index is 1.78. The molecule has 2 aromatic heterocycles. The van der Waals surface area contributed by atoms with Gasteiger partial charge in [0.2, 0.25) is 0 Å². The minimum atomic E-state index is 0.439. The van der Waals surface area contributed by atoms with Gasteiger partial charge in [-0.25, -0.2) is 4.68 Å². The van der Waals surface area contributed by atoms with Crippen LogP contribution >= 0.6 is 11.6 Å². The molecule has 20 heavy (non-hydrogen) atoms. The molecule has 2 heterocycles. The molecular formula is C15H12ClN3O. The van der Waals surface area contributed by atoms with Crippen molar-refractivity contribution in [2.45, 2.75) is 6.61 Å². The van der Waals surface area contributed by atoms with Crippen molar-refractivity contribution >= 4 is 11.6 Å². The van der Waals surface area contributed by atoms with Crippen LogP contribution in [0.4, 0.5) is 0 Å². The quantitative estimate of drug-likeness (QED) is 0.736. The van der Waals surface area contributed by atoms with Crippen LogP contribution in [0, 0.1) is 0 Å². The van der Waals surface area contributed by atoms with Gasteiger partial charge < -0.3 is 4.74 Å². The normalized spacial score (nSPS) is 10.4. The average Bonchev–Trinajstić information content (AvgIpc) is 2.88. The summed E-state index contributed by atoms with van der Waals surface area (Å²) < 4.78 is 7.28. The van der Waals surface area contributed by atoms with Crippen LogP contribution in [0.1, 0.15) is 5.56 Å². The maximum absolute atomic E-state index is 6.27. The third kappa shape index (κ3) is 2.65. The molecule has 0 atom stereocenters. The van der Waals surface area contributed by atoms with Crippen LogP contribution in [0.5, 0.6) is 5.75 Å². The number of aromatic nitrogens is 3. The second-order valence-electron chi connectivity index (χ2n) is 4.20. The number of pyridine rings is 1. The molecule has 0 radical (unpaired) electrons. The van der Waals surface area contributed by atoms with Crippen molar-refractivity contribution in [3.05, 3.63) is 71.8 Å². The number of hydrogen-bond donors (Lipinski definition) is 0. The Morgan fingerprint density at radius 1 is 1.05 bits per heavy atom. The van der Waals surface area contributed by atoms with Crippen molar-refractivity contribution in [1.29, 1.82) is 0 Å². The zero-order chi connectivity index (χ0) is 13.8. The molecule has 0 saturated heterocycles. The number of benzene rings is 1. The molecule has 5 heteroatoms. The van der Waals surface area contributed by atoms with Crippen molar-refractivity contribution in [2.75, 3.05) is 0 Å². The minimum Gasteiger partial charge on any atom is -0.484 e. The van der Waals surface area contributed by atoms with Crippen molar-refractivity contribution in [2.24, 2.45) is 0 Å². The Kier molecular flexibility index (Phi) is 3.65. The molecule has 0 aliphatic heterocycles. The number of ether oxygens (including phenoxy) is 1. The van der Waals surface area contributed by atoms with E-state index in [0.29, 0.717) is 17.5 Å². The molecule has 4 nitrogen and oxygen atoms in total. The fraction of sp³-hybridized carbons (Fsp3) is 0.0667. The van der Waals surface area contributed by atoms with Crippen LogP contribution < -0.4 is 4.74 Å². The van der Waals surface area contributed by atoms with Gasteiger partial charge in [-0.3, -0.25) is 4.98 Å². The van der Waals surface area contributed by atoms with Gasteiger partial charge >= 0.3 is 0 Å². The van der Waals surface area contributed by atoms with Gasteiger partial charge in [0, 0.05) is 6.20 Å². The largest absolute Gasteiger partial charge is 0.484 e. The van der Waals surface area contributed by atoms with Gasteiger partial charge in [-0.1, -0.05) is 41.9 Å². The SMILES string of the molecule is Clc1c(OCc2ccccc2)cnn1-c1cccnc1. The lowest BCUT2D eigenvalue weighted by atomic mass is 10.2. The molecule has 0 fully saturated rings. The van der Waals surface area contributed by atoms with Crippen molar-refractivity contribution in [1.82, 2.24) is 14.8 Å². The second kappa shape index (κ2) is 5.75. The molecule has 3 rings (SSSR count). The molecule has 0 N–H and O–H groups in total. The van der Waals surface area contributed by atoms with E-state index < -0.39 is 0 Å². The van der Waals surface area contributed by atoms with Gasteiger partial charge in [0.1, 0.15) is 6.61 Å². The predicted molar refractivity (Wildman–Crippen MR) is 77.1 cm³/mol. The van der Waals surface area contributed by atoms with E-state index in [0.717, 1.165) is 11.3 Å². The number of halogens is 1. The summed E-state index contributed by atoms with van der Waals surface area (Å²) in [6, 6.07) is 13.6. The summed E-state index contributed by atoms with van der Waals surface area (Å²) in [5, 5.41) is 4.66. The number of nitrogens with zero attached hydrogens (tertiary/aromatic N) is 3. The molecule has 0 spiro atoms. The zero-order valence-corrected chi connectivity index (χ0v) is 11.4. The first-order chi connectivity index (χ1) is 9.84. The fourth-order valence-corrected chi connectivity index (χ4v) is 2.05. The summed E-state index contributed by atoms with van der Waals surface area (Å²) in [4.78, 5) is 4.04.